The first-order chi connectivity index (χ1) is 12.5. The highest BCUT2D eigenvalue weighted by Gasteiger charge is 2.59. The topological polar surface area (TPSA) is 80.5 Å². The van der Waals surface area contributed by atoms with Crippen LogP contribution in [0.25, 0.3) is 0 Å². The van der Waals surface area contributed by atoms with Gasteiger partial charge in [0.05, 0.1) is 23.5 Å². The molecule has 2 saturated heterocycles. The normalized spacial score (nSPS) is 23.9. The highest BCUT2D eigenvalue weighted by molar-refractivity contribution is 9.10. The number of rotatable bonds is 3. The summed E-state index contributed by atoms with van der Waals surface area (Å²) in [7, 11) is 0. The van der Waals surface area contributed by atoms with Crippen LogP contribution < -0.4 is 4.90 Å². The summed E-state index contributed by atoms with van der Waals surface area (Å²) < 4.78 is 0.526. The molecule has 3 heterocycles. The maximum atomic E-state index is 11.5. The maximum absolute atomic E-state index is 11.5. The van der Waals surface area contributed by atoms with E-state index in [1.807, 2.05) is 24.3 Å². The van der Waals surface area contributed by atoms with E-state index in [2.05, 4.69) is 44.0 Å². The third-order valence-electron chi connectivity index (χ3n) is 5.41. The van der Waals surface area contributed by atoms with Crippen molar-refractivity contribution in [3.63, 3.8) is 0 Å². The van der Waals surface area contributed by atoms with Crippen molar-refractivity contribution in [1.29, 1.82) is 5.26 Å². The summed E-state index contributed by atoms with van der Waals surface area (Å²) in [6, 6.07) is 14.2. The second-order valence-electron chi connectivity index (χ2n) is 6.98. The molecule has 0 saturated carbocycles. The zero-order valence-corrected chi connectivity index (χ0v) is 15.6. The van der Waals surface area contributed by atoms with Gasteiger partial charge in [0.25, 0.3) is 0 Å². The van der Waals surface area contributed by atoms with Crippen LogP contribution in [0.4, 0.5) is 10.5 Å². The number of likely N-dealkylation sites (tertiary alicyclic amines) is 1. The van der Waals surface area contributed by atoms with Gasteiger partial charge in [-0.25, -0.2) is 9.78 Å². The van der Waals surface area contributed by atoms with Crippen molar-refractivity contribution in [3.8, 4) is 6.07 Å². The van der Waals surface area contributed by atoms with E-state index in [0.29, 0.717) is 23.3 Å². The smallest absolute Gasteiger partial charge is 0.407 e. The SMILES string of the molecule is N#Cc1cc(N2C[C@@]3(Cc4ccccc4)CN(C(=O)O)C[C@@H]23)cnc1Br. The van der Waals surface area contributed by atoms with Crippen molar-refractivity contribution in [2.45, 2.75) is 12.5 Å². The van der Waals surface area contributed by atoms with Crippen LogP contribution in [0, 0.1) is 16.7 Å². The Morgan fingerprint density at radius 2 is 2.15 bits per heavy atom. The van der Waals surface area contributed by atoms with Crippen LogP contribution in [0.5, 0.6) is 0 Å². The average molecular weight is 413 g/mol. The molecule has 1 aromatic carbocycles. The first-order valence-corrected chi connectivity index (χ1v) is 9.16. The average Bonchev–Trinajstić information content (AvgIpc) is 2.91. The summed E-state index contributed by atoms with van der Waals surface area (Å²) in [6.07, 6.45) is 1.70. The van der Waals surface area contributed by atoms with Crippen LogP contribution in [0.2, 0.25) is 0 Å². The van der Waals surface area contributed by atoms with E-state index in [-0.39, 0.29) is 11.5 Å². The van der Waals surface area contributed by atoms with Gasteiger partial charge in [-0.2, -0.15) is 5.26 Å². The van der Waals surface area contributed by atoms with Crippen molar-refractivity contribution in [1.82, 2.24) is 9.88 Å². The third-order valence-corrected chi connectivity index (χ3v) is 6.05. The molecule has 2 aromatic rings. The number of amides is 1. The number of hydrogen-bond acceptors (Lipinski definition) is 4. The molecule has 0 bridgehead atoms. The van der Waals surface area contributed by atoms with Gasteiger partial charge in [0.2, 0.25) is 0 Å². The molecule has 1 amide bonds. The summed E-state index contributed by atoms with van der Waals surface area (Å²) in [5.74, 6) is 0. The Morgan fingerprint density at radius 3 is 2.85 bits per heavy atom. The Balaban J connectivity index is 1.63. The van der Waals surface area contributed by atoms with Crippen molar-refractivity contribution in [2.24, 2.45) is 5.41 Å². The van der Waals surface area contributed by atoms with Crippen LogP contribution in [0.3, 0.4) is 0 Å². The van der Waals surface area contributed by atoms with E-state index >= 15 is 0 Å². The largest absolute Gasteiger partial charge is 0.465 e. The molecule has 2 aliphatic rings. The fraction of sp³-hybridized carbons (Fsp3) is 0.316. The van der Waals surface area contributed by atoms with Gasteiger partial charge in [0.15, 0.2) is 0 Å². The van der Waals surface area contributed by atoms with Gasteiger partial charge in [-0.05, 0) is 34.0 Å². The monoisotopic (exact) mass is 412 g/mol. The first-order valence-electron chi connectivity index (χ1n) is 8.36. The molecule has 0 unspecified atom stereocenters. The standard InChI is InChI=1S/C19H17BrN4O2/c20-17-14(8-21)6-15(9-22-17)24-12-19(7-13-4-2-1-3-5-13)11-23(18(25)26)10-16(19)24/h1-6,9,16H,7,10-12H2,(H,25,26)/t16-,19-/m1/s1. The molecule has 0 aliphatic carbocycles. The zero-order valence-electron chi connectivity index (χ0n) is 14.0. The Kier molecular flexibility index (Phi) is 4.08. The van der Waals surface area contributed by atoms with Crippen LogP contribution in [0.1, 0.15) is 11.1 Å². The summed E-state index contributed by atoms with van der Waals surface area (Å²) >= 11 is 3.28. The van der Waals surface area contributed by atoms with Crippen LogP contribution in [0.15, 0.2) is 47.2 Å². The number of hydrogen-bond donors (Lipinski definition) is 1. The molecule has 2 fully saturated rings. The van der Waals surface area contributed by atoms with E-state index in [1.165, 1.54) is 10.5 Å². The number of nitrogens with zero attached hydrogens (tertiary/aromatic N) is 4. The van der Waals surface area contributed by atoms with Gasteiger partial charge in [0, 0.05) is 25.0 Å². The summed E-state index contributed by atoms with van der Waals surface area (Å²) in [5, 5.41) is 18.7. The number of aromatic nitrogens is 1. The molecule has 2 aliphatic heterocycles. The molecule has 1 N–H and O–H groups in total. The fourth-order valence-electron chi connectivity index (χ4n) is 4.20. The Morgan fingerprint density at radius 1 is 1.38 bits per heavy atom. The minimum absolute atomic E-state index is 0.0910. The highest BCUT2D eigenvalue weighted by atomic mass is 79.9. The Labute approximate surface area is 159 Å². The second-order valence-corrected chi connectivity index (χ2v) is 7.73. The Hall–Kier alpha value is -2.59. The van der Waals surface area contributed by atoms with E-state index in [9.17, 15) is 15.2 Å². The molecule has 132 valence electrons. The fourth-order valence-corrected chi connectivity index (χ4v) is 4.50. The van der Waals surface area contributed by atoms with Gasteiger partial charge < -0.3 is 14.9 Å². The number of carboxylic acid groups (broad SMARTS) is 1. The van der Waals surface area contributed by atoms with E-state index in [0.717, 1.165) is 18.7 Å². The van der Waals surface area contributed by atoms with Gasteiger partial charge in [-0.15, -0.1) is 0 Å². The van der Waals surface area contributed by atoms with Crippen molar-refractivity contribution in [2.75, 3.05) is 24.5 Å². The molecule has 4 rings (SSSR count). The molecule has 0 radical (unpaired) electrons. The summed E-state index contributed by atoms with van der Waals surface area (Å²) in [5.41, 5.74) is 2.47. The number of fused-ring (bicyclic) bond motifs is 1. The number of benzene rings is 1. The lowest BCUT2D eigenvalue weighted by Crippen LogP contribution is -2.65. The van der Waals surface area contributed by atoms with Gasteiger partial charge in [0.1, 0.15) is 10.7 Å². The van der Waals surface area contributed by atoms with Gasteiger partial charge >= 0.3 is 6.09 Å². The Bertz CT molecular complexity index is 898. The van der Waals surface area contributed by atoms with Crippen molar-refractivity contribution in [3.05, 3.63) is 58.3 Å². The molecule has 26 heavy (non-hydrogen) atoms. The number of carbonyl (C=O) groups is 1. The number of pyridine rings is 1. The van der Waals surface area contributed by atoms with Gasteiger partial charge in [-0.1, -0.05) is 30.3 Å². The first kappa shape index (κ1) is 16.9. The quantitative estimate of drug-likeness (QED) is 0.783. The predicted molar refractivity (Wildman–Crippen MR) is 100.0 cm³/mol. The lowest BCUT2D eigenvalue weighted by Gasteiger charge is -2.54. The molecular formula is C19H17BrN4O2. The number of halogens is 1. The maximum Gasteiger partial charge on any atom is 0.407 e. The molecule has 2 atom stereocenters. The predicted octanol–water partition coefficient (Wildman–Crippen LogP) is 3.13. The highest BCUT2D eigenvalue weighted by Crippen LogP contribution is 2.48. The van der Waals surface area contributed by atoms with E-state index in [4.69, 9.17) is 0 Å². The lowest BCUT2D eigenvalue weighted by molar-refractivity contribution is 0.144. The van der Waals surface area contributed by atoms with E-state index < -0.39 is 6.09 Å². The molecule has 1 aromatic heterocycles. The molecule has 6 nitrogen and oxygen atoms in total. The molecule has 0 spiro atoms. The number of nitriles is 1. The lowest BCUT2D eigenvalue weighted by atomic mass is 9.69. The minimum atomic E-state index is -0.876. The second kappa shape index (κ2) is 6.29. The van der Waals surface area contributed by atoms with Gasteiger partial charge in [-0.3, -0.25) is 0 Å². The number of anilines is 1. The van der Waals surface area contributed by atoms with Crippen molar-refractivity contribution < 1.29 is 9.90 Å². The molecular weight excluding hydrogens is 396 g/mol. The minimum Gasteiger partial charge on any atom is -0.465 e. The van der Waals surface area contributed by atoms with Crippen LogP contribution in [-0.2, 0) is 6.42 Å². The van der Waals surface area contributed by atoms with Crippen molar-refractivity contribution >= 4 is 27.7 Å². The summed E-state index contributed by atoms with van der Waals surface area (Å²) in [4.78, 5) is 19.5. The molecule has 7 heteroatoms. The van der Waals surface area contributed by atoms with E-state index in [1.54, 1.807) is 6.20 Å². The zero-order chi connectivity index (χ0) is 18.3. The van der Waals surface area contributed by atoms with Crippen LogP contribution >= 0.6 is 15.9 Å². The summed E-state index contributed by atoms with van der Waals surface area (Å²) in [6.45, 7) is 1.76. The third kappa shape index (κ3) is 2.71. The van der Waals surface area contributed by atoms with Crippen LogP contribution in [-0.4, -0.2) is 46.8 Å².